The summed E-state index contributed by atoms with van der Waals surface area (Å²) in [6.45, 7) is 9.60. The van der Waals surface area contributed by atoms with E-state index in [-0.39, 0.29) is 0 Å². The first-order valence-electron chi connectivity index (χ1n) is 11.0. The Morgan fingerprint density at radius 1 is 0.909 bits per heavy atom. The number of aromatic amines is 1. The molecule has 170 valence electrons. The lowest BCUT2D eigenvalue weighted by molar-refractivity contribution is 0.858. The fourth-order valence-corrected chi connectivity index (χ4v) is 3.75. The van der Waals surface area contributed by atoms with Crippen LogP contribution >= 0.6 is 11.6 Å². The van der Waals surface area contributed by atoms with Gasteiger partial charge in [-0.25, -0.2) is 19.9 Å². The van der Waals surface area contributed by atoms with Crippen molar-refractivity contribution in [3.8, 4) is 22.6 Å². The molecule has 3 aromatic heterocycles. The van der Waals surface area contributed by atoms with Crippen LogP contribution in [0, 0.1) is 13.8 Å². The zero-order valence-corrected chi connectivity index (χ0v) is 20.0. The summed E-state index contributed by atoms with van der Waals surface area (Å²) in [5, 5.41) is 7.24. The van der Waals surface area contributed by atoms with Gasteiger partial charge >= 0.3 is 0 Å². The number of aryl methyl sites for hydroxylation is 2. The molecule has 33 heavy (non-hydrogen) atoms. The molecule has 0 bridgehead atoms. The van der Waals surface area contributed by atoms with Crippen LogP contribution in [0.25, 0.3) is 22.6 Å². The van der Waals surface area contributed by atoms with Gasteiger partial charge in [0.1, 0.15) is 11.6 Å². The highest BCUT2D eigenvalue weighted by molar-refractivity contribution is 6.33. The van der Waals surface area contributed by atoms with Crippen LogP contribution < -0.4 is 10.6 Å². The van der Waals surface area contributed by atoms with Gasteiger partial charge in [-0.15, -0.1) is 0 Å². The van der Waals surface area contributed by atoms with Gasteiger partial charge in [0.2, 0.25) is 5.95 Å². The molecular weight excluding hydrogens is 434 g/mol. The molecule has 0 saturated carbocycles. The largest absolute Gasteiger partial charge is 0.368 e. The Bertz CT molecular complexity index is 1230. The Balaban J connectivity index is 1.50. The van der Waals surface area contributed by atoms with Gasteiger partial charge in [-0.1, -0.05) is 43.6 Å². The summed E-state index contributed by atoms with van der Waals surface area (Å²) in [6, 6.07) is 10.0. The smallest absolute Gasteiger partial charge is 0.223 e. The molecule has 4 aromatic rings. The summed E-state index contributed by atoms with van der Waals surface area (Å²) in [5.41, 5.74) is 5.64. The van der Waals surface area contributed by atoms with Crippen molar-refractivity contribution in [1.82, 2.24) is 24.9 Å². The Hall–Kier alpha value is -3.45. The normalized spacial score (nSPS) is 11.1. The predicted octanol–water partition coefficient (Wildman–Crippen LogP) is 5.85. The Labute approximate surface area is 199 Å². The van der Waals surface area contributed by atoms with Crippen LogP contribution in [0.3, 0.4) is 0 Å². The van der Waals surface area contributed by atoms with E-state index >= 15 is 0 Å². The molecule has 8 heteroatoms. The van der Waals surface area contributed by atoms with Crippen molar-refractivity contribution in [3.63, 3.8) is 0 Å². The fraction of sp³-hybridized carbons (Fsp3) is 0.280. The van der Waals surface area contributed by atoms with E-state index in [1.807, 2.05) is 44.3 Å². The van der Waals surface area contributed by atoms with E-state index in [4.69, 9.17) is 16.6 Å². The molecule has 0 fully saturated rings. The van der Waals surface area contributed by atoms with E-state index in [1.165, 1.54) is 5.56 Å². The Morgan fingerprint density at radius 3 is 2.39 bits per heavy atom. The number of H-pyrrole nitrogens is 1. The first kappa shape index (κ1) is 22.7. The lowest BCUT2D eigenvalue weighted by Crippen LogP contribution is -2.16. The topological polar surface area (TPSA) is 91.4 Å². The minimum Gasteiger partial charge on any atom is -0.368 e. The summed E-state index contributed by atoms with van der Waals surface area (Å²) >= 11 is 6.58. The molecule has 1 aromatic carbocycles. The van der Waals surface area contributed by atoms with Gasteiger partial charge < -0.3 is 15.6 Å². The second-order valence-corrected chi connectivity index (χ2v) is 8.75. The number of hydrogen-bond acceptors (Lipinski definition) is 6. The van der Waals surface area contributed by atoms with E-state index in [9.17, 15) is 0 Å². The molecule has 3 heterocycles. The summed E-state index contributed by atoms with van der Waals surface area (Å²) < 4.78 is 0. The summed E-state index contributed by atoms with van der Waals surface area (Å²) in [6.07, 6.45) is 5.48. The van der Waals surface area contributed by atoms with Gasteiger partial charge in [0.05, 0.1) is 16.3 Å². The van der Waals surface area contributed by atoms with Crippen molar-refractivity contribution in [2.24, 2.45) is 0 Å². The van der Waals surface area contributed by atoms with E-state index in [0.717, 1.165) is 33.9 Å². The third-order valence-corrected chi connectivity index (χ3v) is 5.61. The maximum absolute atomic E-state index is 6.58. The zero-order chi connectivity index (χ0) is 23.4. The van der Waals surface area contributed by atoms with Gasteiger partial charge in [0.15, 0.2) is 0 Å². The average Bonchev–Trinajstić information content (AvgIpc) is 3.23. The van der Waals surface area contributed by atoms with Gasteiger partial charge in [0, 0.05) is 42.9 Å². The standard InChI is InChI=1S/C25H28ClN7/c1-15(2)18-6-8-22(29-13-18)27-9-10-28-25-31-14-20(24-30-12-17(4)32-24)23(33-25)19-7-5-16(3)11-21(19)26/h5-8,11-15H,9-10H2,1-4H3,(H,27,29)(H,30,32)(H,28,31,33). The molecule has 0 saturated heterocycles. The Kier molecular flexibility index (Phi) is 6.89. The van der Waals surface area contributed by atoms with Crippen molar-refractivity contribution in [2.75, 3.05) is 23.7 Å². The minimum absolute atomic E-state index is 0.467. The molecule has 0 spiro atoms. The van der Waals surface area contributed by atoms with Crippen molar-refractivity contribution >= 4 is 23.4 Å². The lowest BCUT2D eigenvalue weighted by Gasteiger charge is -2.12. The number of imidazole rings is 1. The third-order valence-electron chi connectivity index (χ3n) is 5.29. The van der Waals surface area contributed by atoms with Crippen LogP contribution in [0.5, 0.6) is 0 Å². The molecule has 0 amide bonds. The summed E-state index contributed by atoms with van der Waals surface area (Å²) in [4.78, 5) is 21.5. The number of nitrogens with zero attached hydrogens (tertiary/aromatic N) is 4. The van der Waals surface area contributed by atoms with E-state index < -0.39 is 0 Å². The number of rotatable bonds is 8. The maximum Gasteiger partial charge on any atom is 0.223 e. The second-order valence-electron chi connectivity index (χ2n) is 8.34. The maximum atomic E-state index is 6.58. The van der Waals surface area contributed by atoms with Crippen molar-refractivity contribution in [3.05, 3.63) is 70.8 Å². The number of benzene rings is 1. The highest BCUT2D eigenvalue weighted by Crippen LogP contribution is 2.34. The molecule has 0 atom stereocenters. The number of pyridine rings is 1. The highest BCUT2D eigenvalue weighted by atomic mass is 35.5. The second kappa shape index (κ2) is 10.0. The van der Waals surface area contributed by atoms with Gasteiger partial charge in [0.25, 0.3) is 0 Å². The first-order chi connectivity index (χ1) is 15.9. The SMILES string of the molecule is Cc1ccc(-c2nc(NCCNc3ccc(C(C)C)cn3)ncc2-c2ncc(C)[nH]2)c(Cl)c1. The van der Waals surface area contributed by atoms with Crippen molar-refractivity contribution < 1.29 is 0 Å². The molecule has 3 N–H and O–H groups in total. The summed E-state index contributed by atoms with van der Waals surface area (Å²) in [5.74, 6) is 2.55. The molecule has 4 rings (SSSR count). The molecule has 0 aliphatic rings. The summed E-state index contributed by atoms with van der Waals surface area (Å²) in [7, 11) is 0. The average molecular weight is 462 g/mol. The minimum atomic E-state index is 0.467. The monoisotopic (exact) mass is 461 g/mol. The van der Waals surface area contributed by atoms with Crippen LogP contribution in [-0.4, -0.2) is 38.0 Å². The highest BCUT2D eigenvalue weighted by Gasteiger charge is 2.16. The zero-order valence-electron chi connectivity index (χ0n) is 19.3. The van der Waals surface area contributed by atoms with E-state index in [1.54, 1.807) is 12.4 Å². The van der Waals surface area contributed by atoms with Crippen LogP contribution in [0.1, 0.15) is 36.6 Å². The quantitative estimate of drug-likeness (QED) is 0.285. The van der Waals surface area contributed by atoms with Crippen molar-refractivity contribution in [2.45, 2.75) is 33.6 Å². The molecule has 0 aliphatic heterocycles. The number of anilines is 2. The van der Waals surface area contributed by atoms with Gasteiger partial charge in [-0.05, 0) is 43.0 Å². The number of hydrogen-bond donors (Lipinski definition) is 3. The van der Waals surface area contributed by atoms with Crippen molar-refractivity contribution in [1.29, 1.82) is 0 Å². The molecule has 0 radical (unpaired) electrons. The third kappa shape index (κ3) is 5.49. The van der Waals surface area contributed by atoms with Crippen LogP contribution in [0.15, 0.2) is 48.9 Å². The van der Waals surface area contributed by atoms with E-state index in [0.29, 0.717) is 35.8 Å². The van der Waals surface area contributed by atoms with Gasteiger partial charge in [-0.3, -0.25) is 0 Å². The number of nitrogens with one attached hydrogen (secondary N) is 3. The fourth-order valence-electron chi connectivity index (χ4n) is 3.42. The van der Waals surface area contributed by atoms with Crippen LogP contribution in [0.2, 0.25) is 5.02 Å². The van der Waals surface area contributed by atoms with E-state index in [2.05, 4.69) is 50.5 Å². The predicted molar refractivity (Wildman–Crippen MR) is 135 cm³/mol. The van der Waals surface area contributed by atoms with Gasteiger partial charge in [-0.2, -0.15) is 0 Å². The Morgan fingerprint density at radius 2 is 1.73 bits per heavy atom. The molecule has 0 aliphatic carbocycles. The lowest BCUT2D eigenvalue weighted by atomic mass is 10.0. The van der Waals surface area contributed by atoms with Crippen LogP contribution in [-0.2, 0) is 0 Å². The first-order valence-corrected chi connectivity index (χ1v) is 11.4. The molecule has 0 unspecified atom stereocenters. The number of halogens is 1. The van der Waals surface area contributed by atoms with Crippen LogP contribution in [0.4, 0.5) is 11.8 Å². The molecule has 7 nitrogen and oxygen atoms in total. The molecular formula is C25H28ClN7. The number of aromatic nitrogens is 5.